The van der Waals surface area contributed by atoms with Crippen LogP contribution in [-0.2, 0) is 6.42 Å². The van der Waals surface area contributed by atoms with E-state index in [9.17, 15) is 0 Å². The van der Waals surface area contributed by atoms with Gasteiger partial charge in [-0.1, -0.05) is 28.2 Å². The third-order valence-electron chi connectivity index (χ3n) is 2.41. The molecule has 0 radical (unpaired) electrons. The minimum Gasteiger partial charge on any atom is -0.311 e. The fourth-order valence-electron chi connectivity index (χ4n) is 1.58. The van der Waals surface area contributed by atoms with Crippen LogP contribution in [0.2, 0.25) is 5.02 Å². The molecule has 0 amide bonds. The van der Waals surface area contributed by atoms with Crippen molar-refractivity contribution in [3.8, 4) is 0 Å². The molecule has 1 aromatic carbocycles. The molecule has 0 aliphatic rings. The first kappa shape index (κ1) is 11.5. The van der Waals surface area contributed by atoms with Crippen molar-refractivity contribution in [1.82, 2.24) is 14.9 Å². The van der Waals surface area contributed by atoms with Gasteiger partial charge in [-0.25, -0.2) is 0 Å². The van der Waals surface area contributed by atoms with Crippen molar-refractivity contribution in [1.29, 1.82) is 0 Å². The molecule has 2 rings (SSSR count). The van der Waals surface area contributed by atoms with Crippen LogP contribution in [0.5, 0.6) is 0 Å². The van der Waals surface area contributed by atoms with Gasteiger partial charge in [0.1, 0.15) is 0 Å². The summed E-state index contributed by atoms with van der Waals surface area (Å²) in [5.41, 5.74) is 2.17. The second-order valence-electron chi connectivity index (χ2n) is 3.51. The lowest BCUT2D eigenvalue weighted by Crippen LogP contribution is -2.19. The van der Waals surface area contributed by atoms with Gasteiger partial charge >= 0.3 is 0 Å². The van der Waals surface area contributed by atoms with Crippen LogP contribution in [0.1, 0.15) is 17.3 Å². The molecule has 1 unspecified atom stereocenters. The van der Waals surface area contributed by atoms with E-state index in [0.717, 1.165) is 17.1 Å². The molecular weight excluding hydrogens is 242 g/mol. The Morgan fingerprint density at radius 1 is 1.50 bits per heavy atom. The van der Waals surface area contributed by atoms with Gasteiger partial charge in [-0.2, -0.15) is 0 Å². The number of halogens is 1. The van der Waals surface area contributed by atoms with Crippen LogP contribution < -0.4 is 5.32 Å². The first-order valence-electron chi connectivity index (χ1n) is 4.98. The quantitative estimate of drug-likeness (QED) is 0.911. The van der Waals surface area contributed by atoms with Crippen LogP contribution in [0.25, 0.3) is 0 Å². The molecule has 1 heterocycles. The summed E-state index contributed by atoms with van der Waals surface area (Å²) in [6.45, 7) is 0. The van der Waals surface area contributed by atoms with Gasteiger partial charge in [-0.15, -0.1) is 5.10 Å². The molecular formula is C11H12ClN3S. The number of aromatic nitrogens is 2. The van der Waals surface area contributed by atoms with Crippen LogP contribution in [-0.4, -0.2) is 16.6 Å². The molecule has 1 N–H and O–H groups in total. The number of rotatable bonds is 4. The molecule has 5 heteroatoms. The zero-order valence-corrected chi connectivity index (χ0v) is 10.4. The van der Waals surface area contributed by atoms with E-state index in [2.05, 4.69) is 21.0 Å². The molecule has 1 aromatic heterocycles. The SMILES string of the molecule is CNC(Cc1cccc(Cl)c1)c1csnn1. The highest BCUT2D eigenvalue weighted by Gasteiger charge is 2.12. The van der Waals surface area contributed by atoms with Crippen molar-refractivity contribution in [2.45, 2.75) is 12.5 Å². The number of nitrogens with one attached hydrogen (secondary N) is 1. The average Bonchev–Trinajstić information content (AvgIpc) is 2.79. The molecule has 0 saturated heterocycles. The highest BCUT2D eigenvalue weighted by atomic mass is 35.5. The summed E-state index contributed by atoms with van der Waals surface area (Å²) in [7, 11) is 1.93. The number of benzene rings is 1. The smallest absolute Gasteiger partial charge is 0.0928 e. The Balaban J connectivity index is 2.13. The number of hydrogen-bond donors (Lipinski definition) is 1. The lowest BCUT2D eigenvalue weighted by Gasteiger charge is -2.13. The second kappa shape index (κ2) is 5.39. The fraction of sp³-hybridized carbons (Fsp3) is 0.273. The van der Waals surface area contributed by atoms with E-state index >= 15 is 0 Å². The van der Waals surface area contributed by atoms with E-state index in [4.69, 9.17) is 11.6 Å². The molecule has 16 heavy (non-hydrogen) atoms. The molecule has 1 atom stereocenters. The largest absolute Gasteiger partial charge is 0.311 e. The predicted octanol–water partition coefficient (Wildman–Crippen LogP) is 2.69. The van der Waals surface area contributed by atoms with Crippen LogP contribution in [0.4, 0.5) is 0 Å². The molecule has 2 aromatic rings. The first-order chi connectivity index (χ1) is 7.79. The summed E-state index contributed by atoms with van der Waals surface area (Å²) in [6.07, 6.45) is 0.864. The van der Waals surface area contributed by atoms with Crippen LogP contribution >= 0.6 is 23.1 Å². The van der Waals surface area contributed by atoms with E-state index < -0.39 is 0 Å². The maximum absolute atomic E-state index is 5.95. The number of likely N-dealkylation sites (N-methyl/N-ethyl adjacent to an activating group) is 1. The third-order valence-corrected chi connectivity index (χ3v) is 3.17. The van der Waals surface area contributed by atoms with Crippen LogP contribution in [0.15, 0.2) is 29.6 Å². The molecule has 0 bridgehead atoms. The molecule has 0 saturated carbocycles. The summed E-state index contributed by atoms with van der Waals surface area (Å²) in [5.74, 6) is 0. The normalized spacial score (nSPS) is 12.6. The summed E-state index contributed by atoms with van der Waals surface area (Å²) in [5, 5.41) is 10.0. The van der Waals surface area contributed by atoms with Crippen LogP contribution in [0.3, 0.4) is 0 Å². The monoisotopic (exact) mass is 253 g/mol. The van der Waals surface area contributed by atoms with Gasteiger partial charge in [0.25, 0.3) is 0 Å². The van der Waals surface area contributed by atoms with Gasteiger partial charge in [-0.3, -0.25) is 0 Å². The summed E-state index contributed by atoms with van der Waals surface area (Å²) in [6, 6.07) is 8.08. The van der Waals surface area contributed by atoms with Gasteiger partial charge in [-0.05, 0) is 42.7 Å². The third kappa shape index (κ3) is 2.78. The Kier molecular flexibility index (Phi) is 3.88. The molecule has 0 spiro atoms. The minimum absolute atomic E-state index is 0.192. The lowest BCUT2D eigenvalue weighted by atomic mass is 10.0. The Morgan fingerprint density at radius 2 is 2.38 bits per heavy atom. The molecule has 3 nitrogen and oxygen atoms in total. The van der Waals surface area contributed by atoms with Gasteiger partial charge in [0.05, 0.1) is 11.7 Å². The zero-order chi connectivity index (χ0) is 11.4. The molecule has 0 fully saturated rings. The minimum atomic E-state index is 0.192. The van der Waals surface area contributed by atoms with Crippen molar-refractivity contribution in [3.63, 3.8) is 0 Å². The van der Waals surface area contributed by atoms with Crippen LogP contribution in [0, 0.1) is 0 Å². The van der Waals surface area contributed by atoms with Crippen molar-refractivity contribution >= 4 is 23.1 Å². The van der Waals surface area contributed by atoms with E-state index in [1.54, 1.807) is 0 Å². The second-order valence-corrected chi connectivity index (χ2v) is 4.55. The fourth-order valence-corrected chi connectivity index (χ4v) is 2.30. The lowest BCUT2D eigenvalue weighted by molar-refractivity contribution is 0.574. The van der Waals surface area contributed by atoms with Gasteiger partial charge in [0, 0.05) is 10.4 Å². The topological polar surface area (TPSA) is 37.8 Å². The maximum atomic E-state index is 5.95. The standard InChI is InChI=1S/C11H12ClN3S/c1-13-10(11-7-16-15-14-11)6-8-3-2-4-9(12)5-8/h2-5,7,10,13H,6H2,1H3. The van der Waals surface area contributed by atoms with E-state index in [0.29, 0.717) is 0 Å². The average molecular weight is 254 g/mol. The number of hydrogen-bond acceptors (Lipinski definition) is 4. The summed E-state index contributed by atoms with van der Waals surface area (Å²) >= 11 is 7.32. The summed E-state index contributed by atoms with van der Waals surface area (Å²) in [4.78, 5) is 0. The van der Waals surface area contributed by atoms with Crippen molar-refractivity contribution in [3.05, 3.63) is 45.9 Å². The van der Waals surface area contributed by atoms with Gasteiger partial charge in [0.2, 0.25) is 0 Å². The van der Waals surface area contributed by atoms with Crippen molar-refractivity contribution in [2.24, 2.45) is 0 Å². The van der Waals surface area contributed by atoms with E-state index in [1.807, 2.05) is 30.6 Å². The Hall–Kier alpha value is -0.970. The molecule has 84 valence electrons. The number of nitrogens with zero attached hydrogens (tertiary/aromatic N) is 2. The summed E-state index contributed by atoms with van der Waals surface area (Å²) < 4.78 is 3.88. The van der Waals surface area contributed by atoms with Crippen molar-refractivity contribution in [2.75, 3.05) is 7.05 Å². The molecule has 0 aliphatic carbocycles. The van der Waals surface area contributed by atoms with Gasteiger partial charge in [0.15, 0.2) is 0 Å². The zero-order valence-electron chi connectivity index (χ0n) is 8.85. The Bertz CT molecular complexity index is 444. The predicted molar refractivity (Wildman–Crippen MR) is 66.9 cm³/mol. The highest BCUT2D eigenvalue weighted by Crippen LogP contribution is 2.19. The first-order valence-corrected chi connectivity index (χ1v) is 6.19. The van der Waals surface area contributed by atoms with Gasteiger partial charge < -0.3 is 5.32 Å². The Morgan fingerprint density at radius 3 is 3.00 bits per heavy atom. The highest BCUT2D eigenvalue weighted by molar-refractivity contribution is 7.03. The molecule has 0 aliphatic heterocycles. The maximum Gasteiger partial charge on any atom is 0.0928 e. The Labute approximate surface area is 104 Å². The van der Waals surface area contributed by atoms with E-state index in [-0.39, 0.29) is 6.04 Å². The van der Waals surface area contributed by atoms with Crippen molar-refractivity contribution < 1.29 is 0 Å². The van der Waals surface area contributed by atoms with E-state index in [1.165, 1.54) is 17.1 Å².